The molecule has 0 fully saturated rings. The number of hydrogen-bond donors (Lipinski definition) is 1. The molecule has 1 aliphatic rings. The van der Waals surface area contributed by atoms with Gasteiger partial charge in [-0.05, 0) is 48.6 Å². The zero-order valence-corrected chi connectivity index (χ0v) is 17.2. The number of nitrogens with zero attached hydrogens (tertiary/aromatic N) is 3. The molecule has 0 radical (unpaired) electrons. The van der Waals surface area contributed by atoms with E-state index in [0.717, 1.165) is 27.6 Å². The van der Waals surface area contributed by atoms with Gasteiger partial charge >= 0.3 is 0 Å². The molecule has 1 unspecified atom stereocenters. The molecule has 2 aromatic carbocycles. The number of carbonyl (C=O) groups is 1. The summed E-state index contributed by atoms with van der Waals surface area (Å²) in [5, 5.41) is 15.4. The maximum Gasteiger partial charge on any atom is 0.227 e. The molecular weight excluding hydrogens is 393 g/mol. The Labute approximate surface area is 173 Å². The van der Waals surface area contributed by atoms with Gasteiger partial charge in [0.2, 0.25) is 5.91 Å². The van der Waals surface area contributed by atoms with Gasteiger partial charge in [-0.3, -0.25) is 4.79 Å². The molecule has 29 heavy (non-hydrogen) atoms. The first-order valence-corrected chi connectivity index (χ1v) is 9.99. The normalized spacial score (nSPS) is 18.5. The molecule has 152 valence electrons. The second kappa shape index (κ2) is 7.43. The van der Waals surface area contributed by atoms with Crippen LogP contribution in [0.4, 0.5) is 4.39 Å². The summed E-state index contributed by atoms with van der Waals surface area (Å²) in [6.07, 6.45) is 2.51. The quantitative estimate of drug-likeness (QED) is 0.703. The van der Waals surface area contributed by atoms with Crippen molar-refractivity contribution in [1.29, 1.82) is 0 Å². The molecular formula is C22H23ClFN3O2. The van der Waals surface area contributed by atoms with Crippen molar-refractivity contribution < 1.29 is 14.3 Å². The second-order valence-electron chi connectivity index (χ2n) is 7.83. The van der Waals surface area contributed by atoms with Crippen LogP contribution in [0.2, 0.25) is 0 Å². The molecule has 0 saturated heterocycles. The predicted octanol–water partition coefficient (Wildman–Crippen LogP) is 3.90. The smallest absolute Gasteiger partial charge is 0.227 e. The lowest BCUT2D eigenvalue weighted by Crippen LogP contribution is -2.41. The van der Waals surface area contributed by atoms with E-state index in [1.165, 1.54) is 11.1 Å². The summed E-state index contributed by atoms with van der Waals surface area (Å²) in [6, 6.07) is 11.0. The van der Waals surface area contributed by atoms with Crippen molar-refractivity contribution in [2.45, 2.75) is 38.3 Å². The Morgan fingerprint density at radius 2 is 2.10 bits per heavy atom. The number of aromatic nitrogens is 2. The molecule has 2 atom stereocenters. The fourth-order valence-electron chi connectivity index (χ4n) is 4.28. The van der Waals surface area contributed by atoms with Crippen LogP contribution >= 0.6 is 11.8 Å². The summed E-state index contributed by atoms with van der Waals surface area (Å²) in [6.45, 7) is 3.14. The largest absolute Gasteiger partial charge is 0.383 e. The maximum atomic E-state index is 13.4. The Bertz CT molecular complexity index is 1080. The van der Waals surface area contributed by atoms with Crippen LogP contribution in [-0.2, 0) is 23.2 Å². The van der Waals surface area contributed by atoms with Crippen LogP contribution in [0.1, 0.15) is 42.1 Å². The first-order chi connectivity index (χ1) is 13.8. The Morgan fingerprint density at radius 3 is 2.86 bits per heavy atom. The van der Waals surface area contributed by atoms with Crippen LogP contribution < -0.4 is 0 Å². The SMILES string of the molecule is C[C@H]1c2cccc(C(C)(O)CF)c2CCN1C(=O)Cc1cccc2c1cnn2Cl. The molecule has 0 bridgehead atoms. The zero-order chi connectivity index (χ0) is 20.8. The first-order valence-electron chi connectivity index (χ1n) is 9.65. The third-order valence-corrected chi connectivity index (χ3v) is 6.16. The zero-order valence-electron chi connectivity index (χ0n) is 16.4. The number of aliphatic hydroxyl groups is 1. The van der Waals surface area contributed by atoms with E-state index in [2.05, 4.69) is 5.10 Å². The standard InChI is InChI=1S/C22H23ClFN3O2/c1-14-16-6-4-7-19(22(2,29)13-24)17(16)9-10-26(14)21(28)11-15-5-3-8-20-18(15)12-25-27(20)23/h3-8,12,14,29H,9-11,13H2,1-2H3/t14-,22?/m0/s1. The molecule has 0 spiro atoms. The molecule has 1 N–H and O–H groups in total. The molecule has 4 rings (SSSR count). The number of halogens is 2. The van der Waals surface area contributed by atoms with E-state index < -0.39 is 12.3 Å². The monoisotopic (exact) mass is 415 g/mol. The van der Waals surface area contributed by atoms with E-state index in [9.17, 15) is 14.3 Å². The van der Waals surface area contributed by atoms with Crippen LogP contribution in [0.5, 0.6) is 0 Å². The number of rotatable bonds is 4. The molecule has 7 heteroatoms. The number of benzene rings is 2. The van der Waals surface area contributed by atoms with Gasteiger partial charge in [-0.1, -0.05) is 30.3 Å². The van der Waals surface area contributed by atoms with Crippen LogP contribution in [0.3, 0.4) is 0 Å². The van der Waals surface area contributed by atoms with Crippen molar-refractivity contribution in [3.63, 3.8) is 0 Å². The van der Waals surface area contributed by atoms with Gasteiger partial charge in [0.25, 0.3) is 0 Å². The Morgan fingerprint density at radius 1 is 1.34 bits per heavy atom. The highest BCUT2D eigenvalue weighted by Gasteiger charge is 2.33. The minimum Gasteiger partial charge on any atom is -0.383 e. The summed E-state index contributed by atoms with van der Waals surface area (Å²) in [7, 11) is 0. The Hall–Kier alpha value is -2.44. The average Bonchev–Trinajstić information content (AvgIpc) is 3.10. The molecule has 1 aromatic heterocycles. The van der Waals surface area contributed by atoms with Gasteiger partial charge in [0, 0.05) is 23.7 Å². The van der Waals surface area contributed by atoms with E-state index >= 15 is 0 Å². The minimum atomic E-state index is -1.52. The highest BCUT2D eigenvalue weighted by Crippen LogP contribution is 2.36. The van der Waals surface area contributed by atoms with Gasteiger partial charge < -0.3 is 10.0 Å². The van der Waals surface area contributed by atoms with Crippen molar-refractivity contribution in [1.82, 2.24) is 14.2 Å². The highest BCUT2D eigenvalue weighted by atomic mass is 35.5. The second-order valence-corrected chi connectivity index (χ2v) is 8.15. The third kappa shape index (κ3) is 3.40. The summed E-state index contributed by atoms with van der Waals surface area (Å²) in [5.74, 6) is 0.0145. The van der Waals surface area contributed by atoms with E-state index in [4.69, 9.17) is 11.8 Å². The number of amides is 1. The third-order valence-electron chi connectivity index (χ3n) is 5.90. The highest BCUT2D eigenvalue weighted by molar-refractivity contribution is 6.18. The summed E-state index contributed by atoms with van der Waals surface area (Å²) >= 11 is 6.04. The number of alkyl halides is 1. The lowest BCUT2D eigenvalue weighted by Gasteiger charge is -2.38. The molecule has 2 heterocycles. The summed E-state index contributed by atoms with van der Waals surface area (Å²) < 4.78 is 14.6. The molecule has 5 nitrogen and oxygen atoms in total. The fraction of sp³-hybridized carbons (Fsp3) is 0.364. The lowest BCUT2D eigenvalue weighted by molar-refractivity contribution is -0.133. The van der Waals surface area contributed by atoms with Gasteiger partial charge in [-0.2, -0.15) is 9.30 Å². The summed E-state index contributed by atoms with van der Waals surface area (Å²) in [5.41, 5.74) is 2.64. The Balaban J connectivity index is 1.61. The number of carbonyl (C=O) groups excluding carboxylic acids is 1. The van der Waals surface area contributed by atoms with Gasteiger partial charge in [0.1, 0.15) is 12.3 Å². The topological polar surface area (TPSA) is 58.4 Å². The number of hydrogen-bond acceptors (Lipinski definition) is 3. The van der Waals surface area contributed by atoms with E-state index in [1.54, 1.807) is 12.3 Å². The predicted molar refractivity (Wildman–Crippen MR) is 111 cm³/mol. The molecule has 0 aliphatic carbocycles. The van der Waals surface area contributed by atoms with Crippen molar-refractivity contribution in [3.05, 3.63) is 64.8 Å². The van der Waals surface area contributed by atoms with Crippen molar-refractivity contribution >= 4 is 28.6 Å². The van der Waals surface area contributed by atoms with E-state index in [1.807, 2.05) is 42.2 Å². The van der Waals surface area contributed by atoms with E-state index in [-0.39, 0.29) is 18.4 Å². The maximum absolute atomic E-state index is 13.4. The summed E-state index contributed by atoms with van der Waals surface area (Å²) in [4.78, 5) is 15.0. The average molecular weight is 416 g/mol. The van der Waals surface area contributed by atoms with Crippen LogP contribution in [0.25, 0.3) is 10.9 Å². The minimum absolute atomic E-state index is 0.0145. The number of fused-ring (bicyclic) bond motifs is 2. The van der Waals surface area contributed by atoms with Crippen molar-refractivity contribution in [2.75, 3.05) is 13.2 Å². The fourth-order valence-corrected chi connectivity index (χ4v) is 4.48. The van der Waals surface area contributed by atoms with Gasteiger partial charge in [0.05, 0.1) is 24.2 Å². The van der Waals surface area contributed by atoms with E-state index in [0.29, 0.717) is 18.5 Å². The molecule has 0 saturated carbocycles. The van der Waals surface area contributed by atoms with Gasteiger partial charge in [-0.15, -0.1) is 0 Å². The Kier molecular flexibility index (Phi) is 5.09. The molecule has 3 aromatic rings. The molecule has 1 aliphatic heterocycles. The molecule has 1 amide bonds. The van der Waals surface area contributed by atoms with Crippen LogP contribution in [0.15, 0.2) is 42.6 Å². The van der Waals surface area contributed by atoms with Crippen LogP contribution in [0, 0.1) is 0 Å². The van der Waals surface area contributed by atoms with Gasteiger partial charge in [0.15, 0.2) is 0 Å². The first kappa shape index (κ1) is 19.9. The van der Waals surface area contributed by atoms with Crippen molar-refractivity contribution in [3.8, 4) is 0 Å². The van der Waals surface area contributed by atoms with Crippen molar-refractivity contribution in [2.24, 2.45) is 0 Å². The van der Waals surface area contributed by atoms with Gasteiger partial charge in [-0.25, -0.2) is 4.39 Å². The van der Waals surface area contributed by atoms with Crippen LogP contribution in [-0.4, -0.2) is 38.4 Å². The lowest BCUT2D eigenvalue weighted by atomic mass is 9.83.